The van der Waals surface area contributed by atoms with Gasteiger partial charge in [0.15, 0.2) is 5.75 Å². The second-order valence-corrected chi connectivity index (χ2v) is 10.7. The van der Waals surface area contributed by atoms with Crippen LogP contribution in [0, 0.1) is 0 Å². The first kappa shape index (κ1) is 25.6. The number of nitrogens with zero attached hydrogens (tertiary/aromatic N) is 2. The molecule has 2 aliphatic heterocycles. The van der Waals surface area contributed by atoms with Crippen LogP contribution in [0.4, 0.5) is 14.5 Å². The van der Waals surface area contributed by atoms with E-state index in [2.05, 4.69) is 10.6 Å². The number of anilines is 1. The first-order valence-corrected chi connectivity index (χ1v) is 13.0. The third-order valence-electron chi connectivity index (χ3n) is 8.33. The Hall–Kier alpha value is -3.08. The molecule has 0 aromatic heterocycles. The van der Waals surface area contributed by atoms with Crippen molar-refractivity contribution in [2.24, 2.45) is 0 Å². The predicted octanol–water partition coefficient (Wildman–Crippen LogP) is 2.71. The van der Waals surface area contributed by atoms with Crippen molar-refractivity contribution in [2.75, 3.05) is 11.9 Å². The van der Waals surface area contributed by atoms with Gasteiger partial charge in [-0.1, -0.05) is 12.8 Å². The molecule has 3 atom stereocenters. The zero-order chi connectivity index (χ0) is 26.5. The largest absolute Gasteiger partial charge is 0.505 e. The Labute approximate surface area is 213 Å². The molecule has 37 heavy (non-hydrogen) atoms. The summed E-state index contributed by atoms with van der Waals surface area (Å²) in [5.41, 5.74) is 0.263. The van der Waals surface area contributed by atoms with E-state index in [1.54, 1.807) is 6.07 Å². The molecule has 200 valence electrons. The molecule has 2 heterocycles. The van der Waals surface area contributed by atoms with E-state index in [1.807, 2.05) is 11.9 Å². The summed E-state index contributed by atoms with van der Waals surface area (Å²) in [6.45, 7) is 0. The third-order valence-corrected chi connectivity index (χ3v) is 8.33. The molecule has 4 amide bonds. The maximum Gasteiger partial charge on any atom is 0.266 e. The van der Waals surface area contributed by atoms with Gasteiger partial charge in [0.05, 0.1) is 16.8 Å². The Kier molecular flexibility index (Phi) is 6.68. The monoisotopic (exact) mass is 518 g/mol. The minimum Gasteiger partial charge on any atom is -0.505 e. The fraction of sp³-hybridized carbons (Fsp3) is 0.615. The van der Waals surface area contributed by atoms with Gasteiger partial charge in [0.1, 0.15) is 6.04 Å². The fourth-order valence-corrected chi connectivity index (χ4v) is 6.27. The Morgan fingerprint density at radius 1 is 1.03 bits per heavy atom. The van der Waals surface area contributed by atoms with Crippen LogP contribution in [-0.2, 0) is 9.59 Å². The van der Waals surface area contributed by atoms with E-state index in [0.29, 0.717) is 18.5 Å². The van der Waals surface area contributed by atoms with Gasteiger partial charge in [-0.25, -0.2) is 8.78 Å². The average molecular weight is 519 g/mol. The van der Waals surface area contributed by atoms with Gasteiger partial charge in [0, 0.05) is 44.4 Å². The van der Waals surface area contributed by atoms with Crippen LogP contribution in [0.5, 0.6) is 5.75 Å². The second kappa shape index (κ2) is 9.66. The fourth-order valence-electron chi connectivity index (χ4n) is 6.27. The van der Waals surface area contributed by atoms with Crippen molar-refractivity contribution in [1.29, 1.82) is 0 Å². The zero-order valence-corrected chi connectivity index (χ0v) is 20.8. The van der Waals surface area contributed by atoms with Crippen molar-refractivity contribution in [1.82, 2.24) is 15.5 Å². The number of amides is 4. The lowest BCUT2D eigenvalue weighted by atomic mass is 9.86. The van der Waals surface area contributed by atoms with Crippen molar-refractivity contribution < 1.29 is 33.1 Å². The molecule has 11 heteroatoms. The van der Waals surface area contributed by atoms with Gasteiger partial charge < -0.3 is 15.3 Å². The number of likely N-dealkylation sites (N-methyl/N-ethyl adjacent to an activating group) is 1. The first-order valence-electron chi connectivity index (χ1n) is 13.0. The molecule has 2 saturated carbocycles. The molecule has 3 fully saturated rings. The number of imide groups is 2. The summed E-state index contributed by atoms with van der Waals surface area (Å²) in [5, 5.41) is 16.9. The van der Waals surface area contributed by atoms with Crippen LogP contribution in [0.1, 0.15) is 84.9 Å². The molecule has 0 bridgehead atoms. The quantitative estimate of drug-likeness (QED) is 0.513. The Morgan fingerprint density at radius 3 is 2.43 bits per heavy atom. The van der Waals surface area contributed by atoms with Gasteiger partial charge in [-0.2, -0.15) is 0 Å². The van der Waals surface area contributed by atoms with Crippen LogP contribution in [0.15, 0.2) is 12.1 Å². The summed E-state index contributed by atoms with van der Waals surface area (Å²) >= 11 is 0. The minimum atomic E-state index is -2.59. The van der Waals surface area contributed by atoms with Crippen LogP contribution < -0.4 is 15.5 Å². The van der Waals surface area contributed by atoms with E-state index in [9.17, 15) is 33.1 Å². The number of carbonyl (C=O) groups is 4. The lowest BCUT2D eigenvalue weighted by Crippen LogP contribution is -2.54. The summed E-state index contributed by atoms with van der Waals surface area (Å²) in [7, 11) is 1.82. The molecule has 2 unspecified atom stereocenters. The number of halogens is 2. The normalized spacial score (nSPS) is 28.3. The molecular formula is C26H32F2N4O5. The van der Waals surface area contributed by atoms with Crippen LogP contribution in [0.3, 0.4) is 0 Å². The van der Waals surface area contributed by atoms with Crippen molar-refractivity contribution in [3.05, 3.63) is 23.3 Å². The molecule has 4 aliphatic rings. The van der Waals surface area contributed by atoms with E-state index in [-0.39, 0.29) is 60.7 Å². The van der Waals surface area contributed by atoms with Crippen molar-refractivity contribution in [3.8, 4) is 5.75 Å². The first-order chi connectivity index (χ1) is 17.6. The highest BCUT2D eigenvalue weighted by Gasteiger charge is 2.47. The Balaban J connectivity index is 1.36. The number of benzene rings is 1. The summed E-state index contributed by atoms with van der Waals surface area (Å²) in [6.07, 6.45) is 4.30. The lowest BCUT2D eigenvalue weighted by Gasteiger charge is -2.42. The summed E-state index contributed by atoms with van der Waals surface area (Å²) in [4.78, 5) is 52.9. The van der Waals surface area contributed by atoms with E-state index in [1.165, 1.54) is 6.07 Å². The number of aromatic hydroxyl groups is 1. The highest BCUT2D eigenvalue weighted by molar-refractivity contribution is 6.25. The van der Waals surface area contributed by atoms with Gasteiger partial charge >= 0.3 is 0 Å². The summed E-state index contributed by atoms with van der Waals surface area (Å²) in [5.74, 6) is -5.52. The van der Waals surface area contributed by atoms with Gasteiger partial charge in [-0.05, 0) is 44.2 Å². The Bertz CT molecular complexity index is 1130. The second-order valence-electron chi connectivity index (χ2n) is 10.7. The molecule has 9 nitrogen and oxygen atoms in total. The van der Waals surface area contributed by atoms with Crippen molar-refractivity contribution >= 4 is 29.3 Å². The zero-order valence-electron chi connectivity index (χ0n) is 20.8. The molecule has 1 aromatic rings. The number of rotatable bonds is 5. The van der Waals surface area contributed by atoms with Crippen LogP contribution in [0.25, 0.3) is 0 Å². The molecular weight excluding hydrogens is 486 g/mol. The number of phenolic OH excluding ortho intramolecular Hbond substituents is 1. The number of phenols is 1. The third kappa shape index (κ3) is 4.69. The molecule has 1 saturated heterocycles. The molecule has 5 rings (SSSR count). The average Bonchev–Trinajstić information content (AvgIpc) is 3.11. The number of alkyl halides is 2. The van der Waals surface area contributed by atoms with Gasteiger partial charge in [-0.3, -0.25) is 29.4 Å². The maximum atomic E-state index is 13.6. The number of fused-ring (bicyclic) bond motifs is 1. The lowest BCUT2D eigenvalue weighted by molar-refractivity contribution is -0.136. The molecule has 3 N–H and O–H groups in total. The number of piperidine rings is 1. The summed E-state index contributed by atoms with van der Waals surface area (Å²) < 4.78 is 27.2. The van der Waals surface area contributed by atoms with E-state index >= 15 is 0 Å². The van der Waals surface area contributed by atoms with Crippen LogP contribution in [0.2, 0.25) is 0 Å². The number of carbonyl (C=O) groups excluding carboxylic acids is 4. The minimum absolute atomic E-state index is 0.00789. The van der Waals surface area contributed by atoms with Crippen molar-refractivity contribution in [2.45, 2.75) is 94.3 Å². The molecule has 0 radical (unpaired) electrons. The number of hydrogen-bond donors (Lipinski definition) is 3. The Morgan fingerprint density at radius 2 is 1.73 bits per heavy atom. The van der Waals surface area contributed by atoms with Gasteiger partial charge in [0.25, 0.3) is 11.8 Å². The predicted molar refractivity (Wildman–Crippen MR) is 130 cm³/mol. The highest BCUT2D eigenvalue weighted by Crippen LogP contribution is 2.41. The van der Waals surface area contributed by atoms with Crippen LogP contribution in [-0.4, -0.2) is 70.8 Å². The SMILES string of the molecule is CN(c1ccc2c(c1O)C(=O)N(C1CCC(=O)NC1=O)C2=O)C1CCCC[C@@H]1NC1CCC(F)(F)CC1. The smallest absolute Gasteiger partial charge is 0.266 e. The maximum absolute atomic E-state index is 13.6. The van der Waals surface area contributed by atoms with E-state index in [4.69, 9.17) is 0 Å². The molecule has 1 aromatic carbocycles. The highest BCUT2D eigenvalue weighted by atomic mass is 19.3. The van der Waals surface area contributed by atoms with Crippen molar-refractivity contribution in [3.63, 3.8) is 0 Å². The van der Waals surface area contributed by atoms with E-state index in [0.717, 1.165) is 30.6 Å². The van der Waals surface area contributed by atoms with Crippen LogP contribution >= 0.6 is 0 Å². The number of nitrogens with one attached hydrogen (secondary N) is 2. The molecule has 0 spiro atoms. The topological polar surface area (TPSA) is 119 Å². The van der Waals surface area contributed by atoms with Gasteiger partial charge in [-0.15, -0.1) is 0 Å². The number of hydrogen-bond acceptors (Lipinski definition) is 7. The molecule has 2 aliphatic carbocycles. The van der Waals surface area contributed by atoms with Gasteiger partial charge in [0.2, 0.25) is 17.7 Å². The van der Waals surface area contributed by atoms with E-state index < -0.39 is 35.6 Å². The standard InChI is InChI=1S/C26H32F2N4O5/c1-31(17-5-3-2-4-16(17)29-14-10-12-26(27,28)13-11-14)18-7-6-15-21(22(18)34)25(37)32(24(15)36)19-8-9-20(33)30-23(19)35/h6-7,14,16-17,19,29,34H,2-5,8-13H2,1H3,(H,30,33,35)/t16-,17?,19?/m0/s1. The summed E-state index contributed by atoms with van der Waals surface area (Å²) in [6, 6.07) is 1.97.